The summed E-state index contributed by atoms with van der Waals surface area (Å²) in [5.74, 6) is 0. The summed E-state index contributed by atoms with van der Waals surface area (Å²) in [6, 6.07) is 10.00. The van der Waals surface area contributed by atoms with E-state index in [-0.39, 0.29) is 0 Å². The number of alkyl halides is 6. The van der Waals surface area contributed by atoms with Crippen molar-refractivity contribution in [3.63, 3.8) is 0 Å². The van der Waals surface area contributed by atoms with Gasteiger partial charge in [-0.05, 0) is 18.2 Å². The standard InChI is InChI=1S/C11H12N3.C2F6NO4S2/c1-3-10-9-14(12-13(10)2)11-7-5-4-6-8-11;3-1(4,5)14(10,11)9-15(12,13)2(6,7)8/h3-9H,1H2,2H3;/q+1;-1. The fraction of sp³-hybridized carbons (Fsp3) is 0.231. The van der Waals surface area contributed by atoms with Crippen LogP contribution in [0.4, 0.5) is 26.3 Å². The number of aromatic nitrogens is 3. The molecule has 0 unspecified atom stereocenters. The summed E-state index contributed by atoms with van der Waals surface area (Å²) in [5.41, 5.74) is -10.4. The molecule has 0 spiro atoms. The van der Waals surface area contributed by atoms with Gasteiger partial charge in [-0.15, -0.1) is 9.36 Å². The smallest absolute Gasteiger partial charge is 0.421 e. The molecular weight excluding hydrogens is 454 g/mol. The highest BCUT2D eigenvalue weighted by Crippen LogP contribution is 2.36. The quantitative estimate of drug-likeness (QED) is 0.509. The predicted molar refractivity (Wildman–Crippen MR) is 88.1 cm³/mol. The number of nitrogens with zero attached hydrogens (tertiary/aromatic N) is 4. The Labute approximate surface area is 161 Å². The van der Waals surface area contributed by atoms with Crippen LogP contribution >= 0.6 is 0 Å². The van der Waals surface area contributed by atoms with Crippen molar-refractivity contribution < 1.29 is 47.9 Å². The van der Waals surface area contributed by atoms with Crippen molar-refractivity contribution in [2.45, 2.75) is 11.0 Å². The topological polar surface area (TPSA) is 104 Å². The first-order valence-electron chi connectivity index (χ1n) is 7.02. The molecule has 29 heavy (non-hydrogen) atoms. The van der Waals surface area contributed by atoms with E-state index in [9.17, 15) is 43.2 Å². The van der Waals surface area contributed by atoms with E-state index in [1.54, 1.807) is 10.8 Å². The lowest BCUT2D eigenvalue weighted by molar-refractivity contribution is -0.733. The third kappa shape index (κ3) is 6.26. The van der Waals surface area contributed by atoms with Crippen molar-refractivity contribution >= 4 is 26.1 Å². The van der Waals surface area contributed by atoms with Crippen LogP contribution in [0, 0.1) is 0 Å². The van der Waals surface area contributed by atoms with Crippen LogP contribution in [0.3, 0.4) is 0 Å². The molecule has 0 N–H and O–H groups in total. The Kier molecular flexibility index (Phi) is 7.20. The number of halogens is 6. The van der Waals surface area contributed by atoms with Crippen LogP contribution < -0.4 is 4.68 Å². The fourth-order valence-electron chi connectivity index (χ4n) is 1.54. The maximum absolute atomic E-state index is 11.4. The van der Waals surface area contributed by atoms with E-state index in [1.165, 1.54) is 0 Å². The molecule has 0 saturated carbocycles. The molecule has 0 fully saturated rings. The summed E-state index contributed by atoms with van der Waals surface area (Å²) in [4.78, 5) is 0. The Morgan fingerprint density at radius 1 is 1.00 bits per heavy atom. The maximum Gasteiger partial charge on any atom is 0.480 e. The fourth-order valence-corrected chi connectivity index (χ4v) is 3.25. The number of hydrogen-bond acceptors (Lipinski definition) is 5. The summed E-state index contributed by atoms with van der Waals surface area (Å²) in [6.07, 6.45) is 3.73. The van der Waals surface area contributed by atoms with Gasteiger partial charge in [0.1, 0.15) is 7.05 Å². The molecular formula is C13H12F6N4O4S2. The molecule has 2 aromatic rings. The molecule has 2 rings (SSSR count). The van der Waals surface area contributed by atoms with Gasteiger partial charge in [-0.1, -0.05) is 24.8 Å². The van der Waals surface area contributed by atoms with Gasteiger partial charge in [0.25, 0.3) is 0 Å². The first-order chi connectivity index (χ1) is 13.0. The van der Waals surface area contributed by atoms with Crippen molar-refractivity contribution in [3.05, 3.63) is 52.9 Å². The van der Waals surface area contributed by atoms with E-state index in [1.807, 2.05) is 48.3 Å². The Hall–Kier alpha value is -2.46. The Morgan fingerprint density at radius 2 is 1.45 bits per heavy atom. The first kappa shape index (κ1) is 24.6. The lowest BCUT2D eigenvalue weighted by Gasteiger charge is -2.22. The molecule has 0 bridgehead atoms. The monoisotopic (exact) mass is 466 g/mol. The lowest BCUT2D eigenvalue weighted by atomic mass is 10.3. The molecule has 16 heteroatoms. The molecule has 0 amide bonds. The molecule has 162 valence electrons. The summed E-state index contributed by atoms with van der Waals surface area (Å²) < 4.78 is 113. The average Bonchev–Trinajstić information content (AvgIpc) is 2.94. The predicted octanol–water partition coefficient (Wildman–Crippen LogP) is 2.40. The normalized spacial score (nSPS) is 12.8. The van der Waals surface area contributed by atoms with Crippen LogP contribution in [0.25, 0.3) is 15.9 Å². The van der Waals surface area contributed by atoms with Gasteiger partial charge in [-0.3, -0.25) is 0 Å². The van der Waals surface area contributed by atoms with Crippen molar-refractivity contribution in [1.82, 2.24) is 9.90 Å². The zero-order chi connectivity index (χ0) is 22.7. The van der Waals surface area contributed by atoms with Crippen LogP contribution in [0.5, 0.6) is 0 Å². The van der Waals surface area contributed by atoms with E-state index < -0.39 is 31.1 Å². The summed E-state index contributed by atoms with van der Waals surface area (Å²) in [5, 5.41) is 4.31. The molecule has 1 aromatic heterocycles. The van der Waals surface area contributed by atoms with Gasteiger partial charge in [-0.2, -0.15) is 26.3 Å². The molecule has 8 nitrogen and oxygen atoms in total. The highest BCUT2D eigenvalue weighted by Gasteiger charge is 2.46. The SMILES string of the molecule is C=Cc1cn(-c2ccccc2)n[n+]1C.O=S(=O)([N-]S(=O)(=O)C(F)(F)F)C(F)(F)F. The average molecular weight is 466 g/mol. The molecule has 0 radical (unpaired) electrons. The van der Waals surface area contributed by atoms with Crippen LogP contribution in [-0.2, 0) is 27.1 Å². The summed E-state index contributed by atoms with van der Waals surface area (Å²) in [7, 11) is -11.5. The third-order valence-corrected chi connectivity index (χ3v) is 5.61. The molecule has 0 aliphatic carbocycles. The van der Waals surface area contributed by atoms with E-state index in [2.05, 4.69) is 11.8 Å². The van der Waals surface area contributed by atoms with Gasteiger partial charge in [0.15, 0.2) is 37.6 Å². The van der Waals surface area contributed by atoms with E-state index >= 15 is 0 Å². The Balaban J connectivity index is 0.000000290. The molecule has 1 aromatic carbocycles. The Bertz CT molecular complexity index is 1020. The van der Waals surface area contributed by atoms with Crippen LogP contribution in [0.2, 0.25) is 0 Å². The molecule has 0 aliphatic heterocycles. The summed E-state index contributed by atoms with van der Waals surface area (Å²) in [6.45, 7) is 3.72. The van der Waals surface area contributed by atoms with Gasteiger partial charge in [-0.25, -0.2) is 16.8 Å². The van der Waals surface area contributed by atoms with Gasteiger partial charge < -0.3 is 4.13 Å². The number of benzene rings is 1. The highest BCUT2D eigenvalue weighted by molar-refractivity contribution is 8.13. The summed E-state index contributed by atoms with van der Waals surface area (Å²) >= 11 is 0. The largest absolute Gasteiger partial charge is 0.480 e. The van der Waals surface area contributed by atoms with Crippen LogP contribution in [-0.4, -0.2) is 37.7 Å². The number of para-hydroxylation sites is 1. The molecule has 0 aliphatic rings. The minimum Gasteiger partial charge on any atom is -0.421 e. The zero-order valence-corrected chi connectivity index (χ0v) is 15.9. The highest BCUT2D eigenvalue weighted by atomic mass is 32.3. The van der Waals surface area contributed by atoms with Crippen LogP contribution in [0.1, 0.15) is 5.69 Å². The third-order valence-electron chi connectivity index (χ3n) is 2.87. The van der Waals surface area contributed by atoms with Gasteiger partial charge in [0.05, 0.1) is 5.21 Å². The van der Waals surface area contributed by atoms with Crippen molar-refractivity contribution in [2.24, 2.45) is 7.05 Å². The molecule has 0 atom stereocenters. The van der Waals surface area contributed by atoms with Crippen molar-refractivity contribution in [2.75, 3.05) is 0 Å². The van der Waals surface area contributed by atoms with Crippen molar-refractivity contribution in [1.29, 1.82) is 0 Å². The minimum atomic E-state index is -6.72. The minimum absolute atomic E-state index is 0.778. The number of hydrogen-bond donors (Lipinski definition) is 0. The van der Waals surface area contributed by atoms with E-state index in [0.717, 1.165) is 15.5 Å². The number of rotatable bonds is 4. The second-order valence-electron chi connectivity index (χ2n) is 4.97. The van der Waals surface area contributed by atoms with Crippen LogP contribution in [0.15, 0.2) is 43.1 Å². The Morgan fingerprint density at radius 3 is 1.79 bits per heavy atom. The second kappa shape index (κ2) is 8.50. The van der Waals surface area contributed by atoms with Gasteiger partial charge in [0, 0.05) is 0 Å². The number of aryl methyl sites for hydroxylation is 1. The van der Waals surface area contributed by atoms with Crippen molar-refractivity contribution in [3.8, 4) is 5.69 Å². The molecule has 1 heterocycles. The second-order valence-corrected chi connectivity index (χ2v) is 8.39. The molecule has 0 saturated heterocycles. The van der Waals surface area contributed by atoms with E-state index in [0.29, 0.717) is 0 Å². The van der Waals surface area contributed by atoms with Gasteiger partial charge in [0.2, 0.25) is 0 Å². The maximum atomic E-state index is 11.4. The lowest BCUT2D eigenvalue weighted by Crippen LogP contribution is -2.33. The first-order valence-corrected chi connectivity index (χ1v) is 9.90. The van der Waals surface area contributed by atoms with Gasteiger partial charge >= 0.3 is 11.0 Å². The number of sulfonamides is 2. The van der Waals surface area contributed by atoms with E-state index in [4.69, 9.17) is 0 Å². The zero-order valence-electron chi connectivity index (χ0n) is 14.3.